The van der Waals surface area contributed by atoms with Crippen LogP contribution in [0.15, 0.2) is 11.0 Å². The second kappa shape index (κ2) is 5.51. The van der Waals surface area contributed by atoms with Crippen molar-refractivity contribution >= 4 is 27.5 Å². The Kier molecular flexibility index (Phi) is 4.23. The van der Waals surface area contributed by atoms with Gasteiger partial charge in [-0.05, 0) is 24.8 Å². The zero-order chi connectivity index (χ0) is 15.9. The summed E-state index contributed by atoms with van der Waals surface area (Å²) in [7, 11) is -3.12. The monoisotopic (exact) mass is 338 g/mol. The molecule has 0 unspecified atom stereocenters. The summed E-state index contributed by atoms with van der Waals surface area (Å²) in [4.78, 5) is 12.3. The lowest BCUT2D eigenvalue weighted by Gasteiger charge is -2.18. The van der Waals surface area contributed by atoms with Gasteiger partial charge in [-0.1, -0.05) is 11.6 Å². The van der Waals surface area contributed by atoms with Crippen molar-refractivity contribution in [2.45, 2.75) is 17.7 Å². The Balaban J connectivity index is 2.49. The molecule has 21 heavy (non-hydrogen) atoms. The number of hydrogen-bond donors (Lipinski definition) is 1. The number of carbonyl (C=O) groups excluding carboxylic acids is 1. The molecule has 9 heteroatoms. The molecule has 1 saturated carbocycles. The van der Waals surface area contributed by atoms with E-state index in [1.807, 2.05) is 0 Å². The summed E-state index contributed by atoms with van der Waals surface area (Å²) in [6.45, 7) is 0.443. The minimum Gasteiger partial charge on any atom is -0.341 e. The van der Waals surface area contributed by atoms with Gasteiger partial charge in [-0.15, -0.1) is 0 Å². The predicted octanol–water partition coefficient (Wildman–Crippen LogP) is 1.75. The maximum absolute atomic E-state index is 13.6. The molecule has 1 aromatic carbocycles. The van der Waals surface area contributed by atoms with Gasteiger partial charge in [0, 0.05) is 13.6 Å². The molecule has 1 fully saturated rings. The third-order valence-corrected chi connectivity index (χ3v) is 4.66. The van der Waals surface area contributed by atoms with Crippen LogP contribution in [0.1, 0.15) is 23.2 Å². The molecular formula is C12H13ClF2N2O3S. The SMILES string of the molecule is CN(CC1CC1)C(=O)c1cc(F)c(F)c(S(N)(=O)=O)c1Cl. The van der Waals surface area contributed by atoms with Crippen molar-refractivity contribution in [3.05, 3.63) is 28.3 Å². The Labute approximate surface area is 125 Å². The first-order valence-corrected chi connectivity index (χ1v) is 8.01. The lowest BCUT2D eigenvalue weighted by atomic mass is 10.1. The van der Waals surface area contributed by atoms with Crippen molar-refractivity contribution in [1.82, 2.24) is 4.90 Å². The molecule has 1 amide bonds. The fourth-order valence-corrected chi connectivity index (χ4v) is 3.21. The molecule has 1 aliphatic carbocycles. The van der Waals surface area contributed by atoms with E-state index >= 15 is 0 Å². The summed E-state index contributed by atoms with van der Waals surface area (Å²) < 4.78 is 49.7. The Morgan fingerprint density at radius 1 is 1.48 bits per heavy atom. The maximum Gasteiger partial charge on any atom is 0.255 e. The van der Waals surface area contributed by atoms with Crippen molar-refractivity contribution in [3.8, 4) is 0 Å². The minimum atomic E-state index is -4.60. The van der Waals surface area contributed by atoms with Gasteiger partial charge in [0.1, 0.15) is 4.90 Å². The third-order valence-electron chi connectivity index (χ3n) is 3.21. The molecule has 0 saturated heterocycles. The summed E-state index contributed by atoms with van der Waals surface area (Å²) in [5, 5.41) is 4.11. The topological polar surface area (TPSA) is 80.5 Å². The smallest absolute Gasteiger partial charge is 0.255 e. The summed E-state index contributed by atoms with van der Waals surface area (Å²) >= 11 is 5.75. The van der Waals surface area contributed by atoms with Crippen LogP contribution in [0, 0.1) is 17.6 Å². The van der Waals surface area contributed by atoms with E-state index in [-0.39, 0.29) is 0 Å². The normalized spacial score (nSPS) is 15.1. The van der Waals surface area contributed by atoms with Crippen molar-refractivity contribution in [2.75, 3.05) is 13.6 Å². The zero-order valence-electron chi connectivity index (χ0n) is 11.1. The Bertz CT molecular complexity index is 705. The average molecular weight is 339 g/mol. The van der Waals surface area contributed by atoms with Gasteiger partial charge in [-0.3, -0.25) is 4.79 Å². The van der Waals surface area contributed by atoms with E-state index in [1.54, 1.807) is 0 Å². The number of hydrogen-bond acceptors (Lipinski definition) is 3. The van der Waals surface area contributed by atoms with Gasteiger partial charge < -0.3 is 4.90 Å². The standard InChI is InChI=1S/C12H13ClF2N2O3S/c1-17(5-6-2-3-6)12(18)7-4-8(14)10(15)11(9(7)13)21(16,19)20/h4,6H,2-3,5H2,1H3,(H2,16,19,20). The van der Waals surface area contributed by atoms with Crippen molar-refractivity contribution < 1.29 is 22.0 Å². The Morgan fingerprint density at radius 3 is 2.52 bits per heavy atom. The van der Waals surface area contributed by atoms with E-state index in [0.717, 1.165) is 12.8 Å². The molecular weight excluding hydrogens is 326 g/mol. The molecule has 5 nitrogen and oxygen atoms in total. The highest BCUT2D eigenvalue weighted by Crippen LogP contribution is 2.32. The van der Waals surface area contributed by atoms with Crippen LogP contribution in [0.3, 0.4) is 0 Å². The van der Waals surface area contributed by atoms with Gasteiger partial charge >= 0.3 is 0 Å². The first-order valence-electron chi connectivity index (χ1n) is 6.08. The van der Waals surface area contributed by atoms with Crippen LogP contribution in [0.5, 0.6) is 0 Å². The van der Waals surface area contributed by atoms with E-state index in [4.69, 9.17) is 16.7 Å². The van der Waals surface area contributed by atoms with Gasteiger partial charge in [0.25, 0.3) is 5.91 Å². The van der Waals surface area contributed by atoms with Crippen LogP contribution in [-0.2, 0) is 10.0 Å². The lowest BCUT2D eigenvalue weighted by Crippen LogP contribution is -2.30. The summed E-state index contributed by atoms with van der Waals surface area (Å²) in [6, 6.07) is 0.581. The maximum atomic E-state index is 13.6. The number of carbonyl (C=O) groups is 1. The highest BCUT2D eigenvalue weighted by Gasteiger charge is 2.30. The van der Waals surface area contributed by atoms with Gasteiger partial charge in [0.2, 0.25) is 10.0 Å². The molecule has 0 aliphatic heterocycles. The van der Waals surface area contributed by atoms with E-state index < -0.39 is 43.0 Å². The number of nitrogens with zero attached hydrogens (tertiary/aromatic N) is 1. The van der Waals surface area contributed by atoms with E-state index in [0.29, 0.717) is 18.5 Å². The molecule has 1 aromatic rings. The van der Waals surface area contributed by atoms with E-state index in [1.165, 1.54) is 11.9 Å². The van der Waals surface area contributed by atoms with Crippen LogP contribution in [0.25, 0.3) is 0 Å². The van der Waals surface area contributed by atoms with Crippen LogP contribution >= 0.6 is 11.6 Å². The number of primary sulfonamides is 1. The molecule has 2 rings (SSSR count). The fourth-order valence-electron chi connectivity index (χ4n) is 1.96. The predicted molar refractivity (Wildman–Crippen MR) is 72.4 cm³/mol. The fraction of sp³-hybridized carbons (Fsp3) is 0.417. The van der Waals surface area contributed by atoms with Crippen LogP contribution < -0.4 is 5.14 Å². The molecule has 2 N–H and O–H groups in total. The highest BCUT2D eigenvalue weighted by molar-refractivity contribution is 7.89. The molecule has 0 bridgehead atoms. The minimum absolute atomic E-state index is 0.376. The average Bonchev–Trinajstić information content (AvgIpc) is 3.15. The zero-order valence-corrected chi connectivity index (χ0v) is 12.6. The molecule has 0 atom stereocenters. The van der Waals surface area contributed by atoms with Gasteiger partial charge in [0.05, 0.1) is 10.6 Å². The Hall–Kier alpha value is -1.25. The number of benzene rings is 1. The van der Waals surface area contributed by atoms with Crippen molar-refractivity contribution in [1.29, 1.82) is 0 Å². The lowest BCUT2D eigenvalue weighted by molar-refractivity contribution is 0.0788. The van der Waals surface area contributed by atoms with E-state index in [9.17, 15) is 22.0 Å². The van der Waals surface area contributed by atoms with Crippen LogP contribution in [0.2, 0.25) is 5.02 Å². The summed E-state index contributed by atoms with van der Waals surface area (Å²) in [5.74, 6) is -3.49. The highest BCUT2D eigenvalue weighted by atomic mass is 35.5. The molecule has 0 aromatic heterocycles. The van der Waals surface area contributed by atoms with Crippen LogP contribution in [0.4, 0.5) is 8.78 Å². The van der Waals surface area contributed by atoms with Crippen molar-refractivity contribution in [3.63, 3.8) is 0 Å². The molecule has 1 aliphatic rings. The first-order chi connectivity index (χ1) is 9.62. The largest absolute Gasteiger partial charge is 0.341 e. The first kappa shape index (κ1) is 16.1. The molecule has 116 valence electrons. The second-order valence-electron chi connectivity index (χ2n) is 5.04. The van der Waals surface area contributed by atoms with Gasteiger partial charge in [-0.2, -0.15) is 0 Å². The number of amides is 1. The van der Waals surface area contributed by atoms with Crippen LogP contribution in [-0.4, -0.2) is 32.8 Å². The summed E-state index contributed by atoms with van der Waals surface area (Å²) in [6.07, 6.45) is 1.98. The van der Waals surface area contributed by atoms with Crippen molar-refractivity contribution in [2.24, 2.45) is 11.1 Å². The summed E-state index contributed by atoms with van der Waals surface area (Å²) in [5.41, 5.74) is -0.428. The van der Waals surface area contributed by atoms with Gasteiger partial charge in [0.15, 0.2) is 11.6 Å². The molecule has 0 heterocycles. The Morgan fingerprint density at radius 2 is 2.05 bits per heavy atom. The number of rotatable bonds is 4. The second-order valence-corrected chi connectivity index (χ2v) is 6.91. The third kappa shape index (κ3) is 3.33. The molecule has 0 radical (unpaired) electrons. The number of halogens is 3. The number of sulfonamides is 1. The molecule has 0 spiro atoms. The van der Waals surface area contributed by atoms with Gasteiger partial charge in [-0.25, -0.2) is 22.3 Å². The van der Waals surface area contributed by atoms with E-state index in [2.05, 4.69) is 0 Å². The quantitative estimate of drug-likeness (QED) is 0.849. The number of nitrogens with two attached hydrogens (primary N) is 1.